The monoisotopic (exact) mass is 274 g/mol. The molecule has 0 saturated carbocycles. The average Bonchev–Trinajstić information content (AvgIpc) is 2.25. The smallest absolute Gasteiger partial charge is 0.340 e. The molecule has 0 aromatic heterocycles. The van der Waals surface area contributed by atoms with Gasteiger partial charge in [-0.15, -0.1) is 13.2 Å². The van der Waals surface area contributed by atoms with E-state index in [1.54, 1.807) is 0 Å². The minimum absolute atomic E-state index is 0.0791. The molecule has 0 heterocycles. The van der Waals surface area contributed by atoms with Crippen LogP contribution in [0.2, 0.25) is 0 Å². The van der Waals surface area contributed by atoms with Crippen LogP contribution in [0.25, 0.3) is 0 Å². The van der Waals surface area contributed by atoms with E-state index < -0.39 is 25.1 Å². The van der Waals surface area contributed by atoms with Crippen LogP contribution in [-0.4, -0.2) is 28.0 Å². The summed E-state index contributed by atoms with van der Waals surface area (Å²) >= 11 is 0. The Morgan fingerprint density at radius 2 is 1.67 bits per heavy atom. The second-order valence-electron chi connectivity index (χ2n) is 3.76. The summed E-state index contributed by atoms with van der Waals surface area (Å²) in [6.45, 7) is 10.3. The Kier molecular flexibility index (Phi) is 7.51. The van der Waals surface area contributed by atoms with Crippen molar-refractivity contribution in [1.29, 1.82) is 0 Å². The van der Waals surface area contributed by atoms with Crippen molar-refractivity contribution in [2.24, 2.45) is 5.92 Å². The Bertz CT molecular complexity index is 347. The second-order valence-corrected chi connectivity index (χ2v) is 5.50. The molecule has 0 aliphatic carbocycles. The highest BCUT2D eigenvalue weighted by Crippen LogP contribution is 2.47. The number of carbonyl (C=O) groups is 1. The fraction of sp³-hybridized carbons (Fsp3) is 0.417. The fourth-order valence-electron chi connectivity index (χ4n) is 1.61. The fourth-order valence-corrected chi connectivity index (χ4v) is 2.75. The summed E-state index contributed by atoms with van der Waals surface area (Å²) in [4.78, 5) is 30.3. The summed E-state index contributed by atoms with van der Waals surface area (Å²) < 4.78 is 16.2. The molecule has 0 spiro atoms. The van der Waals surface area contributed by atoms with E-state index in [2.05, 4.69) is 19.7 Å². The van der Waals surface area contributed by atoms with Crippen molar-refractivity contribution in [1.82, 2.24) is 0 Å². The predicted octanol–water partition coefficient (Wildman–Crippen LogP) is 2.03. The lowest BCUT2D eigenvalue weighted by molar-refractivity contribution is -0.143. The lowest BCUT2D eigenvalue weighted by atomic mass is 9.97. The van der Waals surface area contributed by atoms with Crippen LogP contribution in [0.1, 0.15) is 12.8 Å². The molecule has 0 bridgehead atoms. The standard InChI is InChI=1S/C12H19O5P/c1-4-7-10(8-5-2)11(18(14,15)16)12(13)17-9-6-3/h4-6,10-11H,1-3,7-9H2,(H2,14,15,16). The van der Waals surface area contributed by atoms with Gasteiger partial charge in [0.25, 0.3) is 0 Å². The molecule has 0 fully saturated rings. The number of hydrogen-bond donors (Lipinski definition) is 2. The molecule has 2 N–H and O–H groups in total. The maximum Gasteiger partial charge on any atom is 0.340 e. The van der Waals surface area contributed by atoms with Gasteiger partial charge in [-0.2, -0.15) is 0 Å². The highest BCUT2D eigenvalue weighted by atomic mass is 31.2. The summed E-state index contributed by atoms with van der Waals surface area (Å²) in [6.07, 6.45) is 4.95. The summed E-state index contributed by atoms with van der Waals surface area (Å²) in [5.74, 6) is -1.49. The zero-order chi connectivity index (χ0) is 14.2. The zero-order valence-corrected chi connectivity index (χ0v) is 11.1. The topological polar surface area (TPSA) is 83.8 Å². The van der Waals surface area contributed by atoms with E-state index >= 15 is 0 Å². The third-order valence-corrected chi connectivity index (χ3v) is 3.69. The molecule has 0 radical (unpaired) electrons. The minimum Gasteiger partial charge on any atom is -0.461 e. The Morgan fingerprint density at radius 1 is 1.17 bits per heavy atom. The van der Waals surface area contributed by atoms with Crippen molar-refractivity contribution in [3.05, 3.63) is 38.0 Å². The Labute approximate surface area is 107 Å². The van der Waals surface area contributed by atoms with Crippen LogP contribution in [-0.2, 0) is 14.1 Å². The van der Waals surface area contributed by atoms with Gasteiger partial charge in [0.1, 0.15) is 6.61 Å². The molecule has 0 aliphatic heterocycles. The van der Waals surface area contributed by atoms with Crippen LogP contribution >= 0.6 is 7.60 Å². The molecule has 0 saturated heterocycles. The van der Waals surface area contributed by atoms with Crippen LogP contribution < -0.4 is 0 Å². The highest BCUT2D eigenvalue weighted by molar-refractivity contribution is 7.53. The van der Waals surface area contributed by atoms with E-state index in [0.717, 1.165) is 0 Å². The average molecular weight is 274 g/mol. The van der Waals surface area contributed by atoms with Gasteiger partial charge in [0.2, 0.25) is 0 Å². The number of allylic oxidation sites excluding steroid dienone is 2. The van der Waals surface area contributed by atoms with Crippen LogP contribution in [0.3, 0.4) is 0 Å². The first-order chi connectivity index (χ1) is 8.38. The molecular formula is C12H19O5P. The van der Waals surface area contributed by atoms with E-state index in [-0.39, 0.29) is 6.61 Å². The summed E-state index contributed by atoms with van der Waals surface area (Å²) in [5, 5.41) is 0. The largest absolute Gasteiger partial charge is 0.461 e. The number of esters is 1. The van der Waals surface area contributed by atoms with Gasteiger partial charge in [0.15, 0.2) is 5.66 Å². The molecule has 1 atom stereocenters. The quantitative estimate of drug-likeness (QED) is 0.382. The second kappa shape index (κ2) is 8.03. The maximum absolute atomic E-state index is 11.7. The van der Waals surface area contributed by atoms with Crippen LogP contribution in [0.4, 0.5) is 0 Å². The van der Waals surface area contributed by atoms with Crippen molar-refractivity contribution >= 4 is 13.6 Å². The lowest BCUT2D eigenvalue weighted by Crippen LogP contribution is -2.31. The van der Waals surface area contributed by atoms with E-state index in [0.29, 0.717) is 12.8 Å². The first-order valence-corrected chi connectivity index (χ1v) is 7.11. The van der Waals surface area contributed by atoms with E-state index in [1.165, 1.54) is 18.2 Å². The molecule has 0 aromatic carbocycles. The zero-order valence-electron chi connectivity index (χ0n) is 10.2. The van der Waals surface area contributed by atoms with Crippen LogP contribution in [0, 0.1) is 5.92 Å². The van der Waals surface area contributed by atoms with Gasteiger partial charge in [-0.3, -0.25) is 9.36 Å². The minimum atomic E-state index is -4.59. The third kappa shape index (κ3) is 5.45. The molecule has 18 heavy (non-hydrogen) atoms. The van der Waals surface area contributed by atoms with Gasteiger partial charge in [-0.1, -0.05) is 24.8 Å². The molecule has 0 aliphatic rings. The number of rotatable bonds is 9. The third-order valence-electron chi connectivity index (χ3n) is 2.33. The van der Waals surface area contributed by atoms with Gasteiger partial charge in [0.05, 0.1) is 0 Å². The van der Waals surface area contributed by atoms with Crippen LogP contribution in [0.5, 0.6) is 0 Å². The molecule has 6 heteroatoms. The Morgan fingerprint density at radius 3 is 2.00 bits per heavy atom. The molecule has 5 nitrogen and oxygen atoms in total. The van der Waals surface area contributed by atoms with Gasteiger partial charge >= 0.3 is 13.6 Å². The van der Waals surface area contributed by atoms with Crippen molar-refractivity contribution in [3.8, 4) is 0 Å². The van der Waals surface area contributed by atoms with Gasteiger partial charge < -0.3 is 14.5 Å². The first kappa shape index (κ1) is 16.8. The summed E-state index contributed by atoms with van der Waals surface area (Å²) in [6, 6.07) is 0. The highest BCUT2D eigenvalue weighted by Gasteiger charge is 2.42. The molecule has 102 valence electrons. The number of hydrogen-bond acceptors (Lipinski definition) is 3. The number of ether oxygens (including phenoxy) is 1. The molecular weight excluding hydrogens is 255 g/mol. The lowest BCUT2D eigenvalue weighted by Gasteiger charge is -2.24. The normalized spacial score (nSPS) is 12.8. The van der Waals surface area contributed by atoms with Crippen molar-refractivity contribution in [3.63, 3.8) is 0 Å². The molecule has 1 unspecified atom stereocenters. The van der Waals surface area contributed by atoms with Gasteiger partial charge in [-0.05, 0) is 18.8 Å². The van der Waals surface area contributed by atoms with Crippen molar-refractivity contribution in [2.45, 2.75) is 18.5 Å². The number of carbonyl (C=O) groups excluding carboxylic acids is 1. The Hall–Kier alpha value is -1.16. The van der Waals surface area contributed by atoms with E-state index in [1.807, 2.05) is 0 Å². The van der Waals surface area contributed by atoms with Crippen molar-refractivity contribution in [2.75, 3.05) is 6.61 Å². The maximum atomic E-state index is 11.7. The molecule has 0 rings (SSSR count). The van der Waals surface area contributed by atoms with Gasteiger partial charge in [0, 0.05) is 0 Å². The van der Waals surface area contributed by atoms with E-state index in [4.69, 9.17) is 4.74 Å². The first-order valence-electron chi connectivity index (χ1n) is 5.43. The SMILES string of the molecule is C=CCOC(=O)C(C(CC=C)CC=C)P(=O)(O)O. The molecule has 0 amide bonds. The Balaban J connectivity index is 5.11. The summed E-state index contributed by atoms with van der Waals surface area (Å²) in [7, 11) is -4.59. The predicted molar refractivity (Wildman–Crippen MR) is 70.1 cm³/mol. The van der Waals surface area contributed by atoms with E-state index in [9.17, 15) is 19.1 Å². The van der Waals surface area contributed by atoms with Crippen molar-refractivity contribution < 1.29 is 23.9 Å². The molecule has 0 aromatic rings. The van der Waals surface area contributed by atoms with Gasteiger partial charge in [-0.25, -0.2) is 0 Å². The van der Waals surface area contributed by atoms with Crippen LogP contribution in [0.15, 0.2) is 38.0 Å². The summed E-state index contributed by atoms with van der Waals surface area (Å²) in [5.41, 5.74) is -1.49.